The summed E-state index contributed by atoms with van der Waals surface area (Å²) in [6.07, 6.45) is 1.80. The van der Waals surface area contributed by atoms with Crippen LogP contribution in [0.3, 0.4) is 0 Å². The third-order valence-electron chi connectivity index (χ3n) is 5.76. The first-order valence-corrected chi connectivity index (χ1v) is 9.95. The number of aryl methyl sites for hydroxylation is 1. The quantitative estimate of drug-likeness (QED) is 0.513. The van der Waals surface area contributed by atoms with Crippen molar-refractivity contribution >= 4 is 28.0 Å². The van der Waals surface area contributed by atoms with Gasteiger partial charge in [-0.15, -0.1) is 0 Å². The highest BCUT2D eigenvalue weighted by molar-refractivity contribution is 6.16. The van der Waals surface area contributed by atoms with Gasteiger partial charge < -0.3 is 5.73 Å². The van der Waals surface area contributed by atoms with Crippen LogP contribution in [0.5, 0.6) is 0 Å². The molecule has 0 spiro atoms. The highest BCUT2D eigenvalue weighted by Gasteiger charge is 2.23. The number of Topliss-reactive ketones (excluding diaryl/α,β-unsaturated/α-hetero) is 1. The maximum atomic E-state index is 12.3. The number of nitrogens with two attached hydrogens (primary N) is 1. The van der Waals surface area contributed by atoms with Gasteiger partial charge in [-0.05, 0) is 22.4 Å². The van der Waals surface area contributed by atoms with Gasteiger partial charge in [0.15, 0.2) is 5.78 Å². The van der Waals surface area contributed by atoms with Crippen molar-refractivity contribution in [2.75, 3.05) is 13.1 Å². The molecule has 0 saturated heterocycles. The molecule has 1 aliphatic rings. The molecule has 0 aliphatic carbocycles. The normalized spacial score (nSPS) is 13.1. The number of rotatable bonds is 3. The summed E-state index contributed by atoms with van der Waals surface area (Å²) in [7, 11) is 1.87. The van der Waals surface area contributed by atoms with Gasteiger partial charge in [-0.2, -0.15) is 5.10 Å². The summed E-state index contributed by atoms with van der Waals surface area (Å²) in [5.74, 6) is -0.00465. The van der Waals surface area contributed by atoms with Crippen LogP contribution in [0, 0.1) is 6.57 Å². The number of ketones is 1. The summed E-state index contributed by atoms with van der Waals surface area (Å²) in [6.45, 7) is 8.26. The Labute approximate surface area is 179 Å². The Morgan fingerprint density at radius 1 is 1.06 bits per heavy atom. The molecule has 31 heavy (non-hydrogen) atoms. The Kier molecular flexibility index (Phi) is 4.46. The SMILES string of the molecule is [C-]#[N+]c1c(-c2c(-c3ccc4c(c3)C(CN)=NCC4=O)cnn2C)ccc2ccccc12. The molecule has 1 aromatic heterocycles. The van der Waals surface area contributed by atoms with E-state index in [-0.39, 0.29) is 18.9 Å². The molecule has 2 N–H and O–H groups in total. The van der Waals surface area contributed by atoms with Crippen molar-refractivity contribution in [3.63, 3.8) is 0 Å². The third-order valence-corrected chi connectivity index (χ3v) is 5.76. The Morgan fingerprint density at radius 2 is 1.87 bits per heavy atom. The van der Waals surface area contributed by atoms with Crippen LogP contribution in [0.15, 0.2) is 65.8 Å². The van der Waals surface area contributed by atoms with Gasteiger partial charge in [0.25, 0.3) is 0 Å². The monoisotopic (exact) mass is 405 g/mol. The maximum absolute atomic E-state index is 12.3. The summed E-state index contributed by atoms with van der Waals surface area (Å²) in [5, 5.41) is 6.42. The molecule has 6 heteroatoms. The van der Waals surface area contributed by atoms with E-state index >= 15 is 0 Å². The fraction of sp³-hybridized carbons (Fsp3) is 0.120. The van der Waals surface area contributed by atoms with Gasteiger partial charge in [0, 0.05) is 35.8 Å². The smallest absolute Gasteiger partial charge is 0.204 e. The molecule has 0 radical (unpaired) electrons. The number of aliphatic imine (C=N–C) groups is 1. The van der Waals surface area contributed by atoms with E-state index < -0.39 is 0 Å². The molecule has 0 saturated carbocycles. The zero-order chi connectivity index (χ0) is 21.5. The maximum Gasteiger partial charge on any atom is 0.204 e. The van der Waals surface area contributed by atoms with E-state index in [1.54, 1.807) is 10.9 Å². The molecular weight excluding hydrogens is 386 g/mol. The predicted molar refractivity (Wildman–Crippen MR) is 123 cm³/mol. The first-order valence-electron chi connectivity index (χ1n) is 9.95. The summed E-state index contributed by atoms with van der Waals surface area (Å²) in [4.78, 5) is 20.5. The van der Waals surface area contributed by atoms with Crippen LogP contribution in [0.1, 0.15) is 15.9 Å². The minimum absolute atomic E-state index is 0.00465. The highest BCUT2D eigenvalue weighted by Crippen LogP contribution is 2.41. The molecule has 150 valence electrons. The van der Waals surface area contributed by atoms with Crippen molar-refractivity contribution in [3.05, 3.63) is 83.3 Å². The van der Waals surface area contributed by atoms with E-state index in [9.17, 15) is 4.79 Å². The number of hydrogen-bond acceptors (Lipinski definition) is 4. The minimum Gasteiger partial charge on any atom is -0.325 e. The van der Waals surface area contributed by atoms with E-state index in [0.29, 0.717) is 11.3 Å². The number of hydrogen-bond donors (Lipinski definition) is 1. The molecule has 2 heterocycles. The average Bonchev–Trinajstić information content (AvgIpc) is 3.19. The number of benzene rings is 3. The number of nitrogens with zero attached hydrogens (tertiary/aromatic N) is 4. The summed E-state index contributed by atoms with van der Waals surface area (Å²) >= 11 is 0. The van der Waals surface area contributed by atoms with Crippen molar-refractivity contribution < 1.29 is 4.79 Å². The van der Waals surface area contributed by atoms with Crippen molar-refractivity contribution in [1.29, 1.82) is 0 Å². The molecule has 1 aliphatic heterocycles. The van der Waals surface area contributed by atoms with Crippen LogP contribution in [-0.2, 0) is 7.05 Å². The van der Waals surface area contributed by atoms with E-state index in [0.717, 1.165) is 44.4 Å². The average molecular weight is 405 g/mol. The van der Waals surface area contributed by atoms with Gasteiger partial charge in [-0.25, -0.2) is 4.85 Å². The van der Waals surface area contributed by atoms with E-state index in [2.05, 4.69) is 14.9 Å². The molecule has 0 unspecified atom stereocenters. The van der Waals surface area contributed by atoms with E-state index in [1.165, 1.54) is 0 Å². The van der Waals surface area contributed by atoms with Gasteiger partial charge in [-0.3, -0.25) is 14.5 Å². The molecule has 3 aromatic carbocycles. The van der Waals surface area contributed by atoms with Crippen LogP contribution in [0.2, 0.25) is 0 Å². The molecule has 0 bridgehead atoms. The fourth-order valence-corrected chi connectivity index (χ4v) is 4.24. The van der Waals surface area contributed by atoms with E-state index in [1.807, 2.05) is 61.6 Å². The molecule has 0 atom stereocenters. The predicted octanol–water partition coefficient (Wildman–Crippen LogP) is 4.40. The zero-order valence-electron chi connectivity index (χ0n) is 17.0. The van der Waals surface area contributed by atoms with Gasteiger partial charge >= 0.3 is 0 Å². The lowest BCUT2D eigenvalue weighted by Crippen LogP contribution is -2.24. The molecular formula is C25H19N5O. The topological polar surface area (TPSA) is 77.6 Å². The summed E-state index contributed by atoms with van der Waals surface area (Å²) in [6, 6.07) is 17.6. The van der Waals surface area contributed by atoms with Crippen LogP contribution < -0.4 is 5.73 Å². The number of carbonyl (C=O) groups excluding carboxylic acids is 1. The summed E-state index contributed by atoms with van der Waals surface area (Å²) < 4.78 is 1.79. The van der Waals surface area contributed by atoms with Crippen molar-refractivity contribution in [3.8, 4) is 22.4 Å². The van der Waals surface area contributed by atoms with Gasteiger partial charge in [0.2, 0.25) is 5.69 Å². The Hall–Kier alpha value is -4.08. The second kappa shape index (κ2) is 7.31. The Bertz CT molecular complexity index is 1440. The molecule has 0 amide bonds. The van der Waals surface area contributed by atoms with Crippen LogP contribution in [-0.4, -0.2) is 34.4 Å². The van der Waals surface area contributed by atoms with Crippen molar-refractivity contribution in [1.82, 2.24) is 9.78 Å². The van der Waals surface area contributed by atoms with Crippen LogP contribution in [0.4, 0.5) is 5.69 Å². The standard InChI is InChI=1S/C25H19N5O/c1-27-24-17-6-4-3-5-15(17)7-10-19(24)25-21(13-29-30(25)2)16-8-9-18-20(11-16)22(12-26)28-14-23(18)31/h3-11,13H,12,14,26H2,2H3. The number of aromatic nitrogens is 2. The lowest BCUT2D eigenvalue weighted by atomic mass is 9.91. The first kappa shape index (κ1) is 18.9. The molecule has 4 aromatic rings. The first-order chi connectivity index (χ1) is 15.1. The zero-order valence-corrected chi connectivity index (χ0v) is 17.0. The highest BCUT2D eigenvalue weighted by atomic mass is 16.1. The Balaban J connectivity index is 1.74. The molecule has 6 nitrogen and oxygen atoms in total. The summed E-state index contributed by atoms with van der Waals surface area (Å²) in [5.41, 5.74) is 12.1. The second-order valence-electron chi connectivity index (χ2n) is 7.48. The van der Waals surface area contributed by atoms with Gasteiger partial charge in [0.05, 0.1) is 24.2 Å². The number of carbonyl (C=O) groups is 1. The number of fused-ring (bicyclic) bond motifs is 2. The lowest BCUT2D eigenvalue weighted by Gasteiger charge is -2.17. The van der Waals surface area contributed by atoms with Crippen LogP contribution in [0.25, 0.3) is 38.0 Å². The largest absolute Gasteiger partial charge is 0.325 e. The molecule has 0 fully saturated rings. The lowest BCUT2D eigenvalue weighted by molar-refractivity contribution is 0.1000. The van der Waals surface area contributed by atoms with Crippen molar-refractivity contribution in [2.24, 2.45) is 17.8 Å². The minimum atomic E-state index is -0.00465. The second-order valence-corrected chi connectivity index (χ2v) is 7.48. The Morgan fingerprint density at radius 3 is 2.68 bits per heavy atom. The van der Waals surface area contributed by atoms with E-state index in [4.69, 9.17) is 12.3 Å². The third kappa shape index (κ3) is 2.95. The van der Waals surface area contributed by atoms with Gasteiger partial charge in [-0.1, -0.05) is 48.5 Å². The molecule has 5 rings (SSSR count). The fourth-order valence-electron chi connectivity index (χ4n) is 4.24. The van der Waals surface area contributed by atoms with Gasteiger partial charge in [0.1, 0.15) is 6.54 Å². The van der Waals surface area contributed by atoms with Crippen molar-refractivity contribution in [2.45, 2.75) is 0 Å². The van der Waals surface area contributed by atoms with Crippen LogP contribution >= 0.6 is 0 Å².